The van der Waals surface area contributed by atoms with Gasteiger partial charge in [-0.15, -0.1) is 5.10 Å². The highest BCUT2D eigenvalue weighted by Gasteiger charge is 2.89. The molecule has 0 radical (unpaired) electrons. The lowest BCUT2D eigenvalue weighted by molar-refractivity contribution is 0.0919. The fraction of sp³-hybridized carbons (Fsp3) is 0.476. The number of anilines is 1. The van der Waals surface area contributed by atoms with Crippen LogP contribution in [0, 0.1) is 5.41 Å². The lowest BCUT2D eigenvalue weighted by atomic mass is 9.99. The van der Waals surface area contributed by atoms with Crippen molar-refractivity contribution < 1.29 is 13.5 Å². The average Bonchev–Trinajstić information content (AvgIpc) is 3.49. The third-order valence-corrected chi connectivity index (χ3v) is 6.91. The van der Waals surface area contributed by atoms with E-state index in [9.17, 15) is 8.78 Å². The Hall–Kier alpha value is -2.61. The van der Waals surface area contributed by atoms with Gasteiger partial charge in [0.15, 0.2) is 0 Å². The third-order valence-electron chi connectivity index (χ3n) is 6.91. The molecule has 3 aromatic rings. The Labute approximate surface area is 166 Å². The molecule has 0 bridgehead atoms. The van der Waals surface area contributed by atoms with Crippen LogP contribution in [0.2, 0.25) is 0 Å². The minimum absolute atomic E-state index is 0.0909. The van der Waals surface area contributed by atoms with Crippen molar-refractivity contribution >= 4 is 16.6 Å². The number of ether oxygens (including phenoxy) is 1. The summed E-state index contributed by atoms with van der Waals surface area (Å²) in [5.41, 5.74) is 3.81. The largest absolute Gasteiger partial charge is 0.377 e. The maximum absolute atomic E-state index is 13.2. The molecule has 3 aliphatic rings. The van der Waals surface area contributed by atoms with Crippen LogP contribution in [-0.4, -0.2) is 33.0 Å². The van der Waals surface area contributed by atoms with Crippen LogP contribution in [0.4, 0.5) is 14.5 Å². The number of alkyl halides is 2. The second kappa shape index (κ2) is 5.72. The molecule has 6 rings (SSSR count). The van der Waals surface area contributed by atoms with E-state index in [0.717, 1.165) is 40.9 Å². The Morgan fingerprint density at radius 3 is 2.93 bits per heavy atom. The van der Waals surface area contributed by atoms with Gasteiger partial charge in [-0.25, -0.2) is 13.5 Å². The molecule has 0 spiro atoms. The molecule has 1 atom stereocenters. The molecule has 6 nitrogen and oxygen atoms in total. The van der Waals surface area contributed by atoms with E-state index in [-0.39, 0.29) is 6.04 Å². The fourth-order valence-electron chi connectivity index (χ4n) is 4.81. The highest BCUT2D eigenvalue weighted by molar-refractivity contribution is 5.86. The summed E-state index contributed by atoms with van der Waals surface area (Å²) in [5.74, 6) is 0. The molecule has 29 heavy (non-hydrogen) atoms. The lowest BCUT2D eigenvalue weighted by Gasteiger charge is -2.19. The van der Waals surface area contributed by atoms with Gasteiger partial charge < -0.3 is 10.1 Å². The van der Waals surface area contributed by atoms with Crippen LogP contribution in [0.1, 0.15) is 42.6 Å². The Bertz CT molecular complexity index is 1120. The number of aromatic nitrogens is 4. The molecule has 2 aliphatic carbocycles. The van der Waals surface area contributed by atoms with Crippen molar-refractivity contribution in [2.75, 3.05) is 11.9 Å². The molecule has 0 amide bonds. The van der Waals surface area contributed by atoms with Crippen molar-refractivity contribution in [1.29, 1.82) is 0 Å². The maximum atomic E-state index is 13.2. The zero-order valence-corrected chi connectivity index (χ0v) is 16.0. The van der Waals surface area contributed by atoms with E-state index in [4.69, 9.17) is 4.74 Å². The van der Waals surface area contributed by atoms with Crippen molar-refractivity contribution in [1.82, 2.24) is 20.0 Å². The molecule has 150 valence electrons. The first-order valence-electron chi connectivity index (χ1n) is 9.98. The van der Waals surface area contributed by atoms with E-state index >= 15 is 0 Å². The van der Waals surface area contributed by atoms with Gasteiger partial charge in [0.05, 0.1) is 41.9 Å². The second-order valence-corrected chi connectivity index (χ2v) is 8.59. The van der Waals surface area contributed by atoms with Crippen LogP contribution in [0.5, 0.6) is 0 Å². The molecular formula is C21H21F2N5O. The molecular weight excluding hydrogens is 376 g/mol. The number of hydrogen-bond donors (Lipinski definition) is 1. The van der Waals surface area contributed by atoms with Gasteiger partial charge in [0.1, 0.15) is 5.69 Å². The lowest BCUT2D eigenvalue weighted by Crippen LogP contribution is -2.11. The first kappa shape index (κ1) is 17.3. The Morgan fingerprint density at radius 1 is 1.28 bits per heavy atom. The summed E-state index contributed by atoms with van der Waals surface area (Å²) in [6, 6.07) is 6.05. The molecule has 3 heterocycles. The minimum Gasteiger partial charge on any atom is -0.377 e. The van der Waals surface area contributed by atoms with E-state index in [0.29, 0.717) is 19.4 Å². The summed E-state index contributed by atoms with van der Waals surface area (Å²) in [6.07, 6.45) is 3.34. The normalized spacial score (nSPS) is 28.1. The maximum Gasteiger partial charge on any atom is 0.246 e. The third kappa shape index (κ3) is 2.38. The topological polar surface area (TPSA) is 64.9 Å². The van der Waals surface area contributed by atoms with E-state index in [2.05, 4.69) is 26.7 Å². The summed E-state index contributed by atoms with van der Waals surface area (Å²) < 4.78 is 33.6. The highest BCUT2D eigenvalue weighted by Crippen LogP contribution is 2.85. The van der Waals surface area contributed by atoms with Crippen LogP contribution >= 0.6 is 0 Å². The molecule has 2 saturated carbocycles. The minimum atomic E-state index is -2.28. The number of nitrogens with one attached hydrogen (secondary N) is 1. The molecule has 8 heteroatoms. The van der Waals surface area contributed by atoms with Crippen molar-refractivity contribution in [3.63, 3.8) is 0 Å². The first-order chi connectivity index (χ1) is 14.0. The van der Waals surface area contributed by atoms with E-state index < -0.39 is 17.4 Å². The number of nitrogens with zero attached hydrogens (tertiary/aromatic N) is 4. The number of rotatable bonds is 5. The summed E-state index contributed by atoms with van der Waals surface area (Å²) in [7, 11) is 0. The average molecular weight is 397 g/mol. The predicted octanol–water partition coefficient (Wildman–Crippen LogP) is 3.83. The Balaban J connectivity index is 1.24. The van der Waals surface area contributed by atoms with Crippen LogP contribution in [0.3, 0.4) is 0 Å². The summed E-state index contributed by atoms with van der Waals surface area (Å²) >= 11 is 0. The van der Waals surface area contributed by atoms with Gasteiger partial charge in [-0.1, -0.05) is 5.21 Å². The van der Waals surface area contributed by atoms with Gasteiger partial charge >= 0.3 is 0 Å². The number of pyridine rings is 1. The van der Waals surface area contributed by atoms with E-state index in [1.54, 1.807) is 4.68 Å². The molecule has 1 unspecified atom stereocenters. The van der Waals surface area contributed by atoms with E-state index in [1.807, 2.05) is 31.5 Å². The molecule has 1 aliphatic heterocycles. The Kier molecular flexibility index (Phi) is 3.40. The van der Waals surface area contributed by atoms with Crippen molar-refractivity contribution in [2.24, 2.45) is 5.41 Å². The van der Waals surface area contributed by atoms with Crippen LogP contribution in [-0.2, 0) is 23.3 Å². The van der Waals surface area contributed by atoms with Crippen molar-refractivity contribution in [3.8, 4) is 0 Å². The van der Waals surface area contributed by atoms with E-state index in [1.165, 1.54) is 5.56 Å². The molecule has 1 N–H and O–H groups in total. The SMILES string of the molecule is CC(Nc1ccc2ncc3c(c2c1)CCOC3)c1cn(C23CC2(C(F)F)C3)nn1. The monoisotopic (exact) mass is 397 g/mol. The number of hydrogen-bond acceptors (Lipinski definition) is 5. The fourth-order valence-corrected chi connectivity index (χ4v) is 4.81. The van der Waals surface area contributed by atoms with Gasteiger partial charge in [0, 0.05) is 17.3 Å². The van der Waals surface area contributed by atoms with Gasteiger partial charge in [-0.3, -0.25) is 4.98 Å². The smallest absolute Gasteiger partial charge is 0.246 e. The second-order valence-electron chi connectivity index (χ2n) is 8.59. The summed E-state index contributed by atoms with van der Waals surface area (Å²) in [4.78, 5) is 4.54. The molecule has 0 saturated heterocycles. The van der Waals surface area contributed by atoms with Crippen LogP contribution < -0.4 is 5.32 Å². The number of fused-ring (bicyclic) bond motifs is 4. The van der Waals surface area contributed by atoms with Crippen molar-refractivity contribution in [3.05, 3.63) is 47.4 Å². The highest BCUT2D eigenvalue weighted by atomic mass is 19.3. The van der Waals surface area contributed by atoms with Gasteiger partial charge in [0.25, 0.3) is 0 Å². The number of benzene rings is 1. The molecule has 2 aromatic heterocycles. The molecule has 1 aromatic carbocycles. The zero-order valence-electron chi connectivity index (χ0n) is 16.0. The first-order valence-corrected chi connectivity index (χ1v) is 9.98. The number of halogens is 2. The zero-order chi connectivity index (χ0) is 19.8. The van der Waals surface area contributed by atoms with Crippen molar-refractivity contribution in [2.45, 2.75) is 50.8 Å². The quantitative estimate of drug-likeness (QED) is 0.709. The molecule has 2 fully saturated rings. The standard InChI is InChI=1S/C21H21F2N5O/c1-12(18-8-28(27-26-18)21-10-20(21,11-21)19(22)23)25-14-2-3-17-16(6-14)15-4-5-29-9-13(15)7-24-17/h2-3,6-8,12,19,25H,4-5,9-11H2,1H3. The van der Waals surface area contributed by atoms with Gasteiger partial charge in [-0.05, 0) is 55.5 Å². The van der Waals surface area contributed by atoms with Crippen LogP contribution in [0.15, 0.2) is 30.6 Å². The predicted molar refractivity (Wildman–Crippen MR) is 103 cm³/mol. The summed E-state index contributed by atoms with van der Waals surface area (Å²) in [6.45, 7) is 3.34. The Morgan fingerprint density at radius 2 is 2.14 bits per heavy atom. The van der Waals surface area contributed by atoms with Gasteiger partial charge in [-0.2, -0.15) is 0 Å². The van der Waals surface area contributed by atoms with Gasteiger partial charge in [0.2, 0.25) is 6.43 Å². The van der Waals surface area contributed by atoms with Crippen LogP contribution in [0.25, 0.3) is 10.9 Å². The summed E-state index contributed by atoms with van der Waals surface area (Å²) in [5, 5.41) is 13.0.